The van der Waals surface area contributed by atoms with Crippen LogP contribution in [0.15, 0.2) is 24.3 Å². The second kappa shape index (κ2) is 13.1. The van der Waals surface area contributed by atoms with Gasteiger partial charge in [0.1, 0.15) is 39.6 Å². The molecular weight excluding hydrogens is 632 g/mol. The van der Waals surface area contributed by atoms with Crippen LogP contribution in [-0.2, 0) is 11.2 Å². The summed E-state index contributed by atoms with van der Waals surface area (Å²) in [5.41, 5.74) is -0.896. The number of ether oxygens (including phenoxy) is 3. The number of hydrogen-bond donors (Lipinski definition) is 2. The van der Waals surface area contributed by atoms with Gasteiger partial charge in [0.05, 0.1) is 33.5 Å². The summed E-state index contributed by atoms with van der Waals surface area (Å²) < 4.78 is 50.3. The first kappa shape index (κ1) is 33.6. The quantitative estimate of drug-likeness (QED) is 0.230. The van der Waals surface area contributed by atoms with Gasteiger partial charge in [-0.1, -0.05) is 26.3 Å². The van der Waals surface area contributed by atoms with Crippen molar-refractivity contribution in [3.63, 3.8) is 0 Å². The van der Waals surface area contributed by atoms with Gasteiger partial charge in [0.25, 0.3) is 0 Å². The van der Waals surface area contributed by atoms with Crippen LogP contribution in [0.4, 0.5) is 14.6 Å². The van der Waals surface area contributed by atoms with Crippen molar-refractivity contribution in [1.29, 1.82) is 0 Å². The van der Waals surface area contributed by atoms with Crippen molar-refractivity contribution < 1.29 is 33.2 Å². The lowest BCUT2D eigenvalue weighted by molar-refractivity contribution is -0.0123. The molecule has 3 aliphatic rings. The SMILES string of the molecule is CCc1c(F)ccc2cc(O)cc(-c3nc(OC)c4c(N5CCOC[C@@](C)(O)C5)nc(OCC56CCC[C@H]5N(CC)CCC6)nc4c3F)c12. The largest absolute Gasteiger partial charge is 0.508 e. The smallest absolute Gasteiger partial charge is 0.319 e. The number of aliphatic hydroxyl groups is 1. The molecule has 2 aliphatic heterocycles. The van der Waals surface area contributed by atoms with Crippen molar-refractivity contribution in [2.75, 3.05) is 58.0 Å². The van der Waals surface area contributed by atoms with Crippen molar-refractivity contribution in [3.05, 3.63) is 41.5 Å². The van der Waals surface area contributed by atoms with E-state index in [1.807, 2.05) is 11.8 Å². The number of halogens is 2. The van der Waals surface area contributed by atoms with Crippen molar-refractivity contribution in [1.82, 2.24) is 19.9 Å². The maximum Gasteiger partial charge on any atom is 0.319 e. The number of methoxy groups -OCH3 is 1. The van der Waals surface area contributed by atoms with E-state index in [1.165, 1.54) is 25.3 Å². The van der Waals surface area contributed by atoms with E-state index in [4.69, 9.17) is 19.2 Å². The van der Waals surface area contributed by atoms with E-state index < -0.39 is 17.2 Å². The fourth-order valence-corrected chi connectivity index (χ4v) is 8.54. The number of β-amino-alcohol motifs (C(OH)–C–C–N with tert-alkyl or cyclic N) is 1. The Kier molecular flexibility index (Phi) is 8.99. The molecule has 49 heavy (non-hydrogen) atoms. The fraction of sp³-hybridized carbons (Fsp3) is 0.541. The minimum Gasteiger partial charge on any atom is -0.508 e. The Morgan fingerprint density at radius 3 is 2.65 bits per heavy atom. The topological polar surface area (TPSA) is 113 Å². The summed E-state index contributed by atoms with van der Waals surface area (Å²) in [7, 11) is 1.43. The predicted octanol–water partition coefficient (Wildman–Crippen LogP) is 6.02. The minimum atomic E-state index is -1.21. The van der Waals surface area contributed by atoms with Crippen LogP contribution in [0, 0.1) is 17.0 Å². The zero-order valence-electron chi connectivity index (χ0n) is 28.7. The van der Waals surface area contributed by atoms with Gasteiger partial charge >= 0.3 is 6.01 Å². The lowest BCUT2D eigenvalue weighted by Crippen LogP contribution is -2.51. The van der Waals surface area contributed by atoms with E-state index in [-0.39, 0.29) is 58.4 Å². The van der Waals surface area contributed by atoms with Crippen LogP contribution in [0.2, 0.25) is 0 Å². The van der Waals surface area contributed by atoms with Crippen LogP contribution in [0.25, 0.3) is 32.9 Å². The Morgan fingerprint density at radius 1 is 1.06 bits per heavy atom. The molecule has 1 aliphatic carbocycles. The molecule has 0 bridgehead atoms. The lowest BCUT2D eigenvalue weighted by atomic mass is 9.75. The first-order chi connectivity index (χ1) is 23.6. The predicted molar refractivity (Wildman–Crippen MR) is 183 cm³/mol. The van der Waals surface area contributed by atoms with Crippen molar-refractivity contribution in [2.45, 2.75) is 70.9 Å². The summed E-state index contributed by atoms with van der Waals surface area (Å²) in [5.74, 6) is -0.980. The van der Waals surface area contributed by atoms with Gasteiger partial charge in [0, 0.05) is 23.6 Å². The van der Waals surface area contributed by atoms with E-state index >= 15 is 8.78 Å². The third-order valence-electron chi connectivity index (χ3n) is 10.7. The molecule has 0 amide bonds. The van der Waals surface area contributed by atoms with E-state index in [0.717, 1.165) is 45.2 Å². The zero-order chi connectivity index (χ0) is 34.5. The number of likely N-dealkylation sites (tertiary alicyclic amines) is 1. The summed E-state index contributed by atoms with van der Waals surface area (Å²) in [6.45, 7) is 9.10. The summed E-state index contributed by atoms with van der Waals surface area (Å²) >= 11 is 0. The van der Waals surface area contributed by atoms with Crippen LogP contribution in [0.5, 0.6) is 17.6 Å². The number of aromatic hydroxyl groups is 1. The number of fused-ring (bicyclic) bond motifs is 3. The second-order valence-corrected chi connectivity index (χ2v) is 14.1. The summed E-state index contributed by atoms with van der Waals surface area (Å²) in [5, 5.41) is 23.0. The third-order valence-corrected chi connectivity index (χ3v) is 10.7. The van der Waals surface area contributed by atoms with Crippen LogP contribution < -0.4 is 14.4 Å². The molecule has 3 atom stereocenters. The molecule has 10 nitrogen and oxygen atoms in total. The molecule has 0 radical (unpaired) electrons. The van der Waals surface area contributed by atoms with E-state index in [9.17, 15) is 10.2 Å². The molecular formula is C37H45F2N5O5. The number of hydrogen-bond acceptors (Lipinski definition) is 10. The molecule has 3 fully saturated rings. The number of aryl methyl sites for hydroxylation is 1. The van der Waals surface area contributed by atoms with Gasteiger partial charge < -0.3 is 29.3 Å². The van der Waals surface area contributed by atoms with Crippen molar-refractivity contribution >= 4 is 27.5 Å². The highest BCUT2D eigenvalue weighted by Gasteiger charge is 2.48. The first-order valence-electron chi connectivity index (χ1n) is 17.4. The summed E-state index contributed by atoms with van der Waals surface area (Å²) in [6, 6.07) is 6.24. The average Bonchev–Trinajstić information content (AvgIpc) is 3.44. The summed E-state index contributed by atoms with van der Waals surface area (Å²) in [6.07, 6.45) is 5.74. The molecule has 0 spiro atoms. The minimum absolute atomic E-state index is 0.0140. The molecule has 1 saturated carbocycles. The number of nitrogens with zero attached hydrogens (tertiary/aromatic N) is 5. The number of anilines is 1. The number of rotatable bonds is 8. The molecule has 262 valence electrons. The van der Waals surface area contributed by atoms with Crippen molar-refractivity contribution in [3.8, 4) is 28.9 Å². The zero-order valence-corrected chi connectivity index (χ0v) is 28.7. The Balaban J connectivity index is 1.43. The Bertz CT molecular complexity index is 1890. The van der Waals surface area contributed by atoms with Crippen LogP contribution >= 0.6 is 0 Å². The Labute approximate surface area is 285 Å². The van der Waals surface area contributed by atoms with Gasteiger partial charge in [-0.3, -0.25) is 4.90 Å². The number of phenolic OH excluding ortho intramolecular Hbond substituents is 1. The molecule has 2 saturated heterocycles. The standard InChI is InChI=1S/C37H45F2N5O5/c1-5-24-26(38)11-10-22-17-23(45)18-25(28(22)24)31-30(39)32-29(34(40-31)47-4)33(44-15-16-48-20-36(3,46)19-44)42-35(41-32)49-21-37-12-7-9-27(37)43(6-2)14-8-13-37/h10-11,17-18,27,45-46H,5-9,12-16,19-21H2,1-4H3/t27-,36+,37?/m1/s1. The van der Waals surface area contributed by atoms with E-state index in [1.54, 1.807) is 13.0 Å². The van der Waals surface area contributed by atoms with Gasteiger partial charge in [-0.05, 0) is 86.7 Å². The summed E-state index contributed by atoms with van der Waals surface area (Å²) in [4.78, 5) is 18.5. The number of aromatic nitrogens is 3. The Hall–Kier alpha value is -3.87. The molecule has 2 N–H and O–H groups in total. The van der Waals surface area contributed by atoms with E-state index in [2.05, 4.69) is 21.8 Å². The first-order valence-corrected chi connectivity index (χ1v) is 17.4. The van der Waals surface area contributed by atoms with Crippen LogP contribution in [-0.4, -0.2) is 94.8 Å². The highest BCUT2D eigenvalue weighted by atomic mass is 19.1. The molecule has 1 unspecified atom stereocenters. The molecule has 2 aromatic heterocycles. The van der Waals surface area contributed by atoms with Gasteiger partial charge in [-0.25, -0.2) is 13.8 Å². The number of piperidine rings is 1. The number of phenols is 1. The molecule has 7 rings (SSSR count). The molecule has 4 heterocycles. The van der Waals surface area contributed by atoms with Gasteiger partial charge in [0.15, 0.2) is 5.82 Å². The van der Waals surface area contributed by atoms with Crippen LogP contribution in [0.3, 0.4) is 0 Å². The molecule has 2 aromatic carbocycles. The van der Waals surface area contributed by atoms with Gasteiger partial charge in [-0.2, -0.15) is 9.97 Å². The van der Waals surface area contributed by atoms with E-state index in [0.29, 0.717) is 54.4 Å². The lowest BCUT2D eigenvalue weighted by Gasteiger charge is -2.45. The number of pyridine rings is 1. The van der Waals surface area contributed by atoms with Gasteiger partial charge in [0.2, 0.25) is 5.88 Å². The number of benzene rings is 2. The fourth-order valence-electron chi connectivity index (χ4n) is 8.54. The van der Waals surface area contributed by atoms with Crippen molar-refractivity contribution in [2.24, 2.45) is 5.41 Å². The highest BCUT2D eigenvalue weighted by Crippen LogP contribution is 2.48. The average molecular weight is 678 g/mol. The highest BCUT2D eigenvalue weighted by molar-refractivity contribution is 6.03. The Morgan fingerprint density at radius 2 is 1.88 bits per heavy atom. The van der Waals surface area contributed by atoms with Gasteiger partial charge in [-0.15, -0.1) is 0 Å². The monoisotopic (exact) mass is 677 g/mol. The third kappa shape index (κ3) is 6.01. The second-order valence-electron chi connectivity index (χ2n) is 14.1. The molecule has 12 heteroatoms. The maximum absolute atomic E-state index is 17.2. The molecule has 4 aromatic rings. The maximum atomic E-state index is 17.2. The van der Waals surface area contributed by atoms with Crippen LogP contribution in [0.1, 0.15) is 58.4 Å². The normalized spacial score (nSPS) is 24.7.